The van der Waals surface area contributed by atoms with Gasteiger partial charge in [0.1, 0.15) is 11.6 Å². The van der Waals surface area contributed by atoms with Crippen LogP contribution in [-0.2, 0) is 0 Å². The van der Waals surface area contributed by atoms with Crippen LogP contribution in [0.25, 0.3) is 10.9 Å². The molecule has 2 heterocycles. The predicted octanol–water partition coefficient (Wildman–Crippen LogP) is 3.64. The second kappa shape index (κ2) is 5.52. The first kappa shape index (κ1) is 14.1. The molecule has 3 aromatic rings. The molecule has 3 rings (SSSR count). The zero-order valence-corrected chi connectivity index (χ0v) is 12.2. The molecule has 0 unspecified atom stereocenters. The van der Waals surface area contributed by atoms with Gasteiger partial charge in [0.05, 0.1) is 16.8 Å². The fourth-order valence-corrected chi connectivity index (χ4v) is 2.27. The summed E-state index contributed by atoms with van der Waals surface area (Å²) in [6.07, 6.45) is 0. The molecule has 1 aromatic carbocycles. The van der Waals surface area contributed by atoms with Crippen LogP contribution in [0, 0.1) is 19.7 Å². The number of fused-ring (bicyclic) bond motifs is 1. The van der Waals surface area contributed by atoms with Crippen molar-refractivity contribution in [1.82, 2.24) is 9.97 Å². The minimum Gasteiger partial charge on any atom is -0.306 e. The maximum Gasteiger partial charge on any atom is 0.258 e. The molecule has 1 amide bonds. The van der Waals surface area contributed by atoms with Crippen molar-refractivity contribution in [2.45, 2.75) is 13.8 Å². The van der Waals surface area contributed by atoms with Crippen molar-refractivity contribution in [3.8, 4) is 0 Å². The maximum absolute atomic E-state index is 13.3. The van der Waals surface area contributed by atoms with Gasteiger partial charge in [-0.25, -0.2) is 9.37 Å². The number of anilines is 1. The SMILES string of the molecule is Cc1cccc(NC(=O)c2cc3cc(F)ccc3nc2C)n1. The summed E-state index contributed by atoms with van der Waals surface area (Å²) in [4.78, 5) is 21.0. The van der Waals surface area contributed by atoms with E-state index < -0.39 is 0 Å². The molecule has 0 fully saturated rings. The van der Waals surface area contributed by atoms with Crippen molar-refractivity contribution in [2.24, 2.45) is 0 Å². The molecule has 0 aliphatic rings. The van der Waals surface area contributed by atoms with Crippen LogP contribution < -0.4 is 5.32 Å². The summed E-state index contributed by atoms with van der Waals surface area (Å²) >= 11 is 0. The number of nitrogens with zero attached hydrogens (tertiary/aromatic N) is 2. The number of hydrogen-bond donors (Lipinski definition) is 1. The van der Waals surface area contributed by atoms with E-state index in [1.807, 2.05) is 19.1 Å². The molecule has 1 N–H and O–H groups in total. The standard InChI is InChI=1S/C17H14FN3O/c1-10-4-3-5-16(19-10)21-17(22)14-9-12-8-13(18)6-7-15(12)20-11(14)2/h3-9H,1-2H3,(H,19,21,22). The van der Waals surface area contributed by atoms with Crippen LogP contribution in [0.2, 0.25) is 0 Å². The van der Waals surface area contributed by atoms with E-state index in [-0.39, 0.29) is 11.7 Å². The number of carbonyl (C=O) groups is 1. The topological polar surface area (TPSA) is 54.9 Å². The van der Waals surface area contributed by atoms with Crippen molar-refractivity contribution >= 4 is 22.6 Å². The molecular formula is C17H14FN3O. The van der Waals surface area contributed by atoms with Crippen LogP contribution in [0.5, 0.6) is 0 Å². The van der Waals surface area contributed by atoms with Crippen LogP contribution in [0.1, 0.15) is 21.7 Å². The van der Waals surface area contributed by atoms with Gasteiger partial charge in [-0.15, -0.1) is 0 Å². The number of carbonyl (C=O) groups excluding carboxylic acids is 1. The van der Waals surface area contributed by atoms with Crippen molar-refractivity contribution in [1.29, 1.82) is 0 Å². The normalized spacial score (nSPS) is 10.7. The molecular weight excluding hydrogens is 281 g/mol. The number of pyridine rings is 2. The average Bonchev–Trinajstić information content (AvgIpc) is 2.47. The van der Waals surface area contributed by atoms with E-state index in [1.165, 1.54) is 12.1 Å². The van der Waals surface area contributed by atoms with Gasteiger partial charge < -0.3 is 5.32 Å². The van der Waals surface area contributed by atoms with Crippen LogP contribution in [0.15, 0.2) is 42.5 Å². The van der Waals surface area contributed by atoms with E-state index in [9.17, 15) is 9.18 Å². The third-order valence-corrected chi connectivity index (χ3v) is 3.34. The minimum atomic E-state index is -0.357. The quantitative estimate of drug-likeness (QED) is 0.785. The molecule has 4 nitrogen and oxygen atoms in total. The Morgan fingerprint density at radius 1 is 1.09 bits per heavy atom. The van der Waals surface area contributed by atoms with Crippen molar-refractivity contribution in [2.75, 3.05) is 5.32 Å². The number of rotatable bonds is 2. The lowest BCUT2D eigenvalue weighted by Crippen LogP contribution is -2.15. The molecule has 5 heteroatoms. The second-order valence-corrected chi connectivity index (χ2v) is 5.08. The third-order valence-electron chi connectivity index (χ3n) is 3.34. The van der Waals surface area contributed by atoms with Crippen LogP contribution in [0.3, 0.4) is 0 Å². The summed E-state index contributed by atoms with van der Waals surface area (Å²) in [5, 5.41) is 3.33. The Balaban J connectivity index is 1.98. The van der Waals surface area contributed by atoms with Gasteiger partial charge in [-0.05, 0) is 50.2 Å². The molecule has 2 aromatic heterocycles. The monoisotopic (exact) mass is 295 g/mol. The number of aryl methyl sites for hydroxylation is 2. The molecule has 0 bridgehead atoms. The third kappa shape index (κ3) is 2.79. The summed E-state index contributed by atoms with van der Waals surface area (Å²) in [5.41, 5.74) is 2.46. The van der Waals surface area contributed by atoms with E-state index in [1.54, 1.807) is 25.1 Å². The van der Waals surface area contributed by atoms with E-state index in [0.29, 0.717) is 28.0 Å². The minimum absolute atomic E-state index is 0.311. The Morgan fingerprint density at radius 3 is 2.68 bits per heavy atom. The summed E-state index contributed by atoms with van der Waals surface area (Å²) in [6, 6.07) is 11.3. The van der Waals surface area contributed by atoms with Gasteiger partial charge in [0.2, 0.25) is 0 Å². The van der Waals surface area contributed by atoms with Gasteiger partial charge in [-0.3, -0.25) is 9.78 Å². The van der Waals surface area contributed by atoms with Crippen molar-refractivity contribution in [3.63, 3.8) is 0 Å². The van der Waals surface area contributed by atoms with Gasteiger partial charge in [-0.1, -0.05) is 6.07 Å². The molecule has 110 valence electrons. The highest BCUT2D eigenvalue weighted by atomic mass is 19.1. The number of nitrogens with one attached hydrogen (secondary N) is 1. The molecule has 0 atom stereocenters. The largest absolute Gasteiger partial charge is 0.306 e. The van der Waals surface area contributed by atoms with Gasteiger partial charge in [-0.2, -0.15) is 0 Å². The van der Waals surface area contributed by atoms with Gasteiger partial charge in [0.15, 0.2) is 0 Å². The fourth-order valence-electron chi connectivity index (χ4n) is 2.27. The number of halogens is 1. The van der Waals surface area contributed by atoms with Crippen molar-refractivity contribution < 1.29 is 9.18 Å². The molecule has 22 heavy (non-hydrogen) atoms. The maximum atomic E-state index is 13.3. The number of hydrogen-bond acceptors (Lipinski definition) is 3. The van der Waals surface area contributed by atoms with Crippen LogP contribution >= 0.6 is 0 Å². The number of benzene rings is 1. The van der Waals surface area contributed by atoms with Crippen LogP contribution in [-0.4, -0.2) is 15.9 Å². The molecule has 0 saturated heterocycles. The highest BCUT2D eigenvalue weighted by Gasteiger charge is 2.13. The van der Waals surface area contributed by atoms with E-state index in [2.05, 4.69) is 15.3 Å². The highest BCUT2D eigenvalue weighted by Crippen LogP contribution is 2.19. The summed E-state index contributed by atoms with van der Waals surface area (Å²) in [7, 11) is 0. The lowest BCUT2D eigenvalue weighted by Gasteiger charge is -2.09. The lowest BCUT2D eigenvalue weighted by atomic mass is 10.1. The molecule has 0 aliphatic carbocycles. The zero-order valence-electron chi connectivity index (χ0n) is 12.2. The zero-order chi connectivity index (χ0) is 15.7. The first-order chi connectivity index (χ1) is 10.5. The van der Waals surface area contributed by atoms with Crippen LogP contribution in [0.4, 0.5) is 10.2 Å². The molecule has 0 radical (unpaired) electrons. The van der Waals surface area contributed by atoms with Gasteiger partial charge in [0, 0.05) is 11.1 Å². The Labute approximate surface area is 127 Å². The number of aromatic nitrogens is 2. The Bertz CT molecular complexity index is 877. The van der Waals surface area contributed by atoms with Crippen molar-refractivity contribution in [3.05, 3.63) is 65.2 Å². The Morgan fingerprint density at radius 2 is 1.91 bits per heavy atom. The average molecular weight is 295 g/mol. The van der Waals surface area contributed by atoms with E-state index in [4.69, 9.17) is 0 Å². The first-order valence-corrected chi connectivity index (χ1v) is 6.85. The highest BCUT2D eigenvalue weighted by molar-refractivity contribution is 6.06. The molecule has 0 saturated carbocycles. The first-order valence-electron chi connectivity index (χ1n) is 6.85. The van der Waals surface area contributed by atoms with Gasteiger partial charge >= 0.3 is 0 Å². The molecule has 0 spiro atoms. The Hall–Kier alpha value is -2.82. The number of amides is 1. The summed E-state index contributed by atoms with van der Waals surface area (Å²) in [6.45, 7) is 3.60. The predicted molar refractivity (Wildman–Crippen MR) is 83.4 cm³/mol. The second-order valence-electron chi connectivity index (χ2n) is 5.08. The van der Waals surface area contributed by atoms with E-state index >= 15 is 0 Å². The summed E-state index contributed by atoms with van der Waals surface area (Å²) < 4.78 is 13.3. The summed E-state index contributed by atoms with van der Waals surface area (Å²) in [5.74, 6) is -0.192. The fraction of sp³-hybridized carbons (Fsp3) is 0.118. The molecule has 0 aliphatic heterocycles. The lowest BCUT2D eigenvalue weighted by molar-refractivity contribution is 0.102. The van der Waals surface area contributed by atoms with E-state index in [0.717, 1.165) is 5.69 Å². The smallest absolute Gasteiger partial charge is 0.258 e. The van der Waals surface area contributed by atoms with Gasteiger partial charge in [0.25, 0.3) is 5.91 Å². The Kier molecular flexibility index (Phi) is 3.55.